The molecule has 0 aromatic heterocycles. The van der Waals surface area contributed by atoms with E-state index in [1.165, 1.54) is 6.07 Å². The first-order chi connectivity index (χ1) is 6.20. The predicted octanol–water partition coefficient (Wildman–Crippen LogP) is 3.57. The molecule has 1 aromatic rings. The van der Waals surface area contributed by atoms with Gasteiger partial charge >= 0.3 is 0 Å². The average Bonchev–Trinajstić information content (AvgIpc) is 2.15. The number of ether oxygens (including phenoxy) is 1. The third kappa shape index (κ3) is 1.55. The SMILES string of the molecule is Fc1c(Br)cc(Cl)c2c1CCCO2. The molecule has 13 heavy (non-hydrogen) atoms. The minimum Gasteiger partial charge on any atom is -0.492 e. The standard InChI is InChI=1S/C9H7BrClFO/c10-6-4-7(11)9-5(8(6)12)2-1-3-13-9/h4H,1-3H2. The second-order valence-electron chi connectivity index (χ2n) is 2.91. The van der Waals surface area contributed by atoms with Crippen LogP contribution in [0.2, 0.25) is 5.02 Å². The topological polar surface area (TPSA) is 9.23 Å². The summed E-state index contributed by atoms with van der Waals surface area (Å²) in [5.74, 6) is 0.257. The smallest absolute Gasteiger partial charge is 0.144 e. The first-order valence-corrected chi connectivity index (χ1v) is 5.16. The highest BCUT2D eigenvalue weighted by molar-refractivity contribution is 9.10. The van der Waals surface area contributed by atoms with Gasteiger partial charge < -0.3 is 4.74 Å². The number of fused-ring (bicyclic) bond motifs is 1. The third-order valence-electron chi connectivity index (χ3n) is 2.04. The van der Waals surface area contributed by atoms with Crippen LogP contribution in [0.1, 0.15) is 12.0 Å². The molecule has 1 aromatic carbocycles. The van der Waals surface area contributed by atoms with Crippen LogP contribution < -0.4 is 4.74 Å². The zero-order valence-electron chi connectivity index (χ0n) is 6.74. The van der Waals surface area contributed by atoms with Crippen LogP contribution in [0.15, 0.2) is 10.5 Å². The van der Waals surface area contributed by atoms with Crippen molar-refractivity contribution in [1.29, 1.82) is 0 Å². The summed E-state index contributed by atoms with van der Waals surface area (Å²) in [6.45, 7) is 0.619. The van der Waals surface area contributed by atoms with Crippen LogP contribution in [0.5, 0.6) is 5.75 Å². The van der Waals surface area contributed by atoms with Gasteiger partial charge in [-0.25, -0.2) is 4.39 Å². The minimum atomic E-state index is -0.251. The number of rotatable bonds is 0. The van der Waals surface area contributed by atoms with Gasteiger partial charge in [0.05, 0.1) is 16.1 Å². The Labute approximate surface area is 89.0 Å². The highest BCUT2D eigenvalue weighted by atomic mass is 79.9. The number of benzene rings is 1. The summed E-state index contributed by atoms with van der Waals surface area (Å²) in [5.41, 5.74) is 0.589. The van der Waals surface area contributed by atoms with Gasteiger partial charge in [0.25, 0.3) is 0 Å². The Morgan fingerprint density at radius 1 is 1.54 bits per heavy atom. The zero-order chi connectivity index (χ0) is 9.42. The Morgan fingerprint density at radius 3 is 3.08 bits per heavy atom. The molecule has 0 spiro atoms. The Balaban J connectivity index is 2.63. The molecule has 0 atom stereocenters. The molecular weight excluding hydrogens is 258 g/mol. The Bertz CT molecular complexity index is 354. The number of hydrogen-bond acceptors (Lipinski definition) is 1. The fraction of sp³-hybridized carbons (Fsp3) is 0.333. The lowest BCUT2D eigenvalue weighted by molar-refractivity contribution is 0.284. The van der Waals surface area contributed by atoms with E-state index in [2.05, 4.69) is 15.9 Å². The van der Waals surface area contributed by atoms with E-state index >= 15 is 0 Å². The lowest BCUT2D eigenvalue weighted by Crippen LogP contribution is -2.10. The average molecular weight is 266 g/mol. The van der Waals surface area contributed by atoms with Gasteiger partial charge in [0.15, 0.2) is 0 Å². The van der Waals surface area contributed by atoms with Crippen LogP contribution in [0, 0.1) is 5.82 Å². The molecule has 1 aliphatic heterocycles. The molecule has 70 valence electrons. The minimum absolute atomic E-state index is 0.251. The van der Waals surface area contributed by atoms with Crippen LogP contribution in [-0.4, -0.2) is 6.61 Å². The van der Waals surface area contributed by atoms with E-state index in [1.807, 2.05) is 0 Å². The zero-order valence-corrected chi connectivity index (χ0v) is 9.08. The van der Waals surface area contributed by atoms with Gasteiger partial charge in [-0.05, 0) is 34.8 Å². The molecule has 0 unspecified atom stereocenters. The second kappa shape index (κ2) is 3.46. The van der Waals surface area contributed by atoms with Crippen molar-refractivity contribution in [2.45, 2.75) is 12.8 Å². The van der Waals surface area contributed by atoms with Crippen molar-refractivity contribution in [1.82, 2.24) is 0 Å². The van der Waals surface area contributed by atoms with Gasteiger partial charge in [-0.15, -0.1) is 0 Å². The van der Waals surface area contributed by atoms with Gasteiger partial charge in [0.1, 0.15) is 11.6 Å². The largest absolute Gasteiger partial charge is 0.492 e. The molecule has 0 saturated heterocycles. The van der Waals surface area contributed by atoms with Gasteiger partial charge in [0, 0.05) is 5.56 Å². The number of hydrogen-bond donors (Lipinski definition) is 0. The van der Waals surface area contributed by atoms with Crippen molar-refractivity contribution < 1.29 is 9.13 Å². The highest BCUT2D eigenvalue weighted by Gasteiger charge is 2.20. The van der Waals surface area contributed by atoms with Crippen molar-refractivity contribution in [2.75, 3.05) is 6.61 Å². The monoisotopic (exact) mass is 264 g/mol. The molecule has 0 radical (unpaired) electrons. The fourth-order valence-electron chi connectivity index (χ4n) is 1.43. The summed E-state index contributed by atoms with van der Waals surface area (Å²) in [6.07, 6.45) is 1.54. The van der Waals surface area contributed by atoms with E-state index in [0.29, 0.717) is 33.8 Å². The first kappa shape index (κ1) is 9.28. The molecule has 0 aliphatic carbocycles. The van der Waals surface area contributed by atoms with Crippen LogP contribution in [-0.2, 0) is 6.42 Å². The lowest BCUT2D eigenvalue weighted by atomic mass is 10.1. The van der Waals surface area contributed by atoms with Gasteiger partial charge in [-0.1, -0.05) is 11.6 Å². The third-order valence-corrected chi connectivity index (χ3v) is 2.89. The van der Waals surface area contributed by atoms with E-state index in [0.717, 1.165) is 6.42 Å². The quantitative estimate of drug-likeness (QED) is 0.652. The fourth-order valence-corrected chi connectivity index (χ4v) is 2.31. The van der Waals surface area contributed by atoms with E-state index < -0.39 is 0 Å². The van der Waals surface area contributed by atoms with E-state index in [4.69, 9.17) is 16.3 Å². The molecule has 0 amide bonds. The summed E-state index contributed by atoms with van der Waals surface area (Å²) in [5, 5.41) is 0.475. The van der Waals surface area contributed by atoms with Crippen LogP contribution in [0.3, 0.4) is 0 Å². The summed E-state index contributed by atoms with van der Waals surface area (Å²) in [6, 6.07) is 1.53. The molecule has 1 aliphatic rings. The van der Waals surface area contributed by atoms with E-state index in [1.54, 1.807) is 0 Å². The van der Waals surface area contributed by atoms with Gasteiger partial charge in [-0.2, -0.15) is 0 Å². The molecule has 0 bridgehead atoms. The summed E-state index contributed by atoms with van der Waals surface area (Å²) in [4.78, 5) is 0. The van der Waals surface area contributed by atoms with Gasteiger partial charge in [-0.3, -0.25) is 0 Å². The molecule has 2 rings (SSSR count). The maximum absolute atomic E-state index is 13.5. The highest BCUT2D eigenvalue weighted by Crippen LogP contribution is 2.38. The molecule has 1 heterocycles. The molecule has 0 fully saturated rings. The van der Waals surface area contributed by atoms with Crippen molar-refractivity contribution in [3.63, 3.8) is 0 Å². The van der Waals surface area contributed by atoms with Crippen LogP contribution in [0.25, 0.3) is 0 Å². The maximum Gasteiger partial charge on any atom is 0.144 e. The van der Waals surface area contributed by atoms with Crippen molar-refractivity contribution in [2.24, 2.45) is 0 Å². The molecule has 1 nitrogen and oxygen atoms in total. The molecule has 0 saturated carbocycles. The van der Waals surface area contributed by atoms with Gasteiger partial charge in [0.2, 0.25) is 0 Å². The Morgan fingerprint density at radius 2 is 2.31 bits per heavy atom. The van der Waals surface area contributed by atoms with Crippen molar-refractivity contribution >= 4 is 27.5 Å². The van der Waals surface area contributed by atoms with Crippen LogP contribution >= 0.6 is 27.5 Å². The van der Waals surface area contributed by atoms with E-state index in [9.17, 15) is 4.39 Å². The predicted molar refractivity (Wildman–Crippen MR) is 52.9 cm³/mol. The molecule has 0 N–H and O–H groups in total. The normalized spacial score (nSPS) is 15.0. The van der Waals surface area contributed by atoms with Crippen molar-refractivity contribution in [3.05, 3.63) is 26.9 Å². The second-order valence-corrected chi connectivity index (χ2v) is 4.18. The maximum atomic E-state index is 13.5. The summed E-state index contributed by atoms with van der Waals surface area (Å²) >= 11 is 9.01. The summed E-state index contributed by atoms with van der Waals surface area (Å²) in [7, 11) is 0. The first-order valence-electron chi connectivity index (χ1n) is 3.99. The lowest BCUT2D eigenvalue weighted by Gasteiger charge is -2.19. The molecule has 4 heteroatoms. The Kier molecular flexibility index (Phi) is 2.47. The number of halogens is 3. The Hall–Kier alpha value is -0.280. The van der Waals surface area contributed by atoms with Crippen molar-refractivity contribution in [3.8, 4) is 5.75 Å². The van der Waals surface area contributed by atoms with E-state index in [-0.39, 0.29) is 5.82 Å². The van der Waals surface area contributed by atoms with Crippen LogP contribution in [0.4, 0.5) is 4.39 Å². The molecular formula is C9H7BrClFO. The summed E-state index contributed by atoms with van der Waals surface area (Å²) < 4.78 is 19.2.